The summed E-state index contributed by atoms with van der Waals surface area (Å²) in [5.41, 5.74) is 0.434. The van der Waals surface area contributed by atoms with Crippen LogP contribution in [-0.2, 0) is 11.0 Å². The van der Waals surface area contributed by atoms with Gasteiger partial charge < -0.3 is 5.32 Å². The summed E-state index contributed by atoms with van der Waals surface area (Å²) in [6, 6.07) is 4.41. The van der Waals surface area contributed by atoms with Crippen molar-refractivity contribution in [3.8, 4) is 0 Å². The Kier molecular flexibility index (Phi) is 3.34. The van der Waals surface area contributed by atoms with Gasteiger partial charge in [0.05, 0.1) is 11.5 Å². The lowest BCUT2D eigenvalue weighted by atomic mass is 9.81. The van der Waals surface area contributed by atoms with Crippen LogP contribution in [0.15, 0.2) is 29.3 Å². The first kappa shape index (κ1) is 13.6. The van der Waals surface area contributed by atoms with Crippen LogP contribution in [0.25, 0.3) is 0 Å². The molecule has 2 atom stereocenters. The number of rotatable bonds is 2. The lowest BCUT2D eigenvalue weighted by Gasteiger charge is -2.32. The third kappa shape index (κ3) is 2.47. The van der Waals surface area contributed by atoms with Gasteiger partial charge in [0.15, 0.2) is 0 Å². The Hall–Kier alpha value is -1.85. The summed E-state index contributed by atoms with van der Waals surface area (Å²) in [5.74, 6) is -0.657. The highest BCUT2D eigenvalue weighted by molar-refractivity contribution is 6.03. The monoisotopic (exact) mass is 270 g/mol. The molecular formula is C13H13F3N2O. The molecule has 1 aliphatic heterocycles. The zero-order chi connectivity index (χ0) is 14.2. The number of hydrogen-bond donors (Lipinski definition) is 1. The second-order valence-corrected chi connectivity index (χ2v) is 4.43. The highest BCUT2D eigenvalue weighted by Gasteiger charge is 2.39. The van der Waals surface area contributed by atoms with Crippen LogP contribution >= 0.6 is 0 Å². The molecule has 0 aliphatic carbocycles. The summed E-state index contributed by atoms with van der Waals surface area (Å²) in [5, 5.41) is 2.46. The van der Waals surface area contributed by atoms with E-state index in [4.69, 9.17) is 0 Å². The predicted octanol–water partition coefficient (Wildman–Crippen LogP) is 2.38. The Labute approximate surface area is 108 Å². The minimum atomic E-state index is -4.38. The van der Waals surface area contributed by atoms with Crippen molar-refractivity contribution in [1.82, 2.24) is 5.32 Å². The fraction of sp³-hybridized carbons (Fsp3) is 0.385. The number of benzene rings is 1. The molecule has 0 bridgehead atoms. The molecule has 1 aromatic rings. The number of nitrogens with one attached hydrogen (secondary N) is 1. The first-order valence-electron chi connectivity index (χ1n) is 5.77. The molecule has 102 valence electrons. The van der Waals surface area contributed by atoms with Crippen molar-refractivity contribution in [3.63, 3.8) is 0 Å². The van der Waals surface area contributed by atoms with Gasteiger partial charge in [-0.1, -0.05) is 18.2 Å². The molecule has 2 rings (SSSR count). The quantitative estimate of drug-likeness (QED) is 0.880. The Morgan fingerprint density at radius 3 is 2.58 bits per heavy atom. The zero-order valence-corrected chi connectivity index (χ0v) is 10.5. The molecule has 1 N–H and O–H groups in total. The summed E-state index contributed by atoms with van der Waals surface area (Å²) < 4.78 is 38.0. The zero-order valence-electron chi connectivity index (χ0n) is 10.5. The van der Waals surface area contributed by atoms with Gasteiger partial charge in [-0.05, 0) is 18.6 Å². The van der Waals surface area contributed by atoms with E-state index >= 15 is 0 Å². The smallest absolute Gasteiger partial charge is 0.357 e. The predicted molar refractivity (Wildman–Crippen MR) is 65.1 cm³/mol. The van der Waals surface area contributed by atoms with Crippen molar-refractivity contribution in [2.45, 2.75) is 25.1 Å². The molecule has 0 saturated heterocycles. The molecule has 0 fully saturated rings. The number of alkyl halides is 3. The first-order chi connectivity index (χ1) is 8.84. The van der Waals surface area contributed by atoms with Crippen LogP contribution in [0.4, 0.5) is 13.2 Å². The molecule has 0 saturated carbocycles. The maximum absolute atomic E-state index is 12.7. The van der Waals surface area contributed by atoms with Gasteiger partial charge in [-0.3, -0.25) is 9.79 Å². The number of carbonyl (C=O) groups excluding carboxylic acids is 1. The fourth-order valence-electron chi connectivity index (χ4n) is 2.21. The van der Waals surface area contributed by atoms with Crippen molar-refractivity contribution >= 4 is 11.6 Å². The molecule has 1 aliphatic rings. The first-order valence-corrected chi connectivity index (χ1v) is 5.77. The third-order valence-electron chi connectivity index (χ3n) is 3.20. The van der Waals surface area contributed by atoms with Gasteiger partial charge in [0.2, 0.25) is 5.91 Å². The Morgan fingerprint density at radius 1 is 1.37 bits per heavy atom. The second kappa shape index (κ2) is 4.68. The van der Waals surface area contributed by atoms with E-state index in [1.807, 2.05) is 0 Å². The SMILES string of the molecule is CNC(=O)[C@H]1N=C(C)[C@@H]1c1cccc(C(F)(F)F)c1. The van der Waals surface area contributed by atoms with Crippen LogP contribution in [0.5, 0.6) is 0 Å². The number of nitrogens with zero attached hydrogens (tertiary/aromatic N) is 1. The lowest BCUT2D eigenvalue weighted by molar-refractivity contribution is -0.137. The minimum absolute atomic E-state index is 0.284. The van der Waals surface area contributed by atoms with E-state index in [2.05, 4.69) is 10.3 Å². The summed E-state index contributed by atoms with van der Waals surface area (Å²) in [6.07, 6.45) is -4.38. The average molecular weight is 270 g/mol. The number of amides is 1. The highest BCUT2D eigenvalue weighted by Crippen LogP contribution is 2.36. The molecule has 1 aromatic carbocycles. The summed E-state index contributed by atoms with van der Waals surface area (Å²) >= 11 is 0. The molecule has 1 heterocycles. The van der Waals surface area contributed by atoms with Crippen LogP contribution < -0.4 is 5.32 Å². The van der Waals surface area contributed by atoms with Gasteiger partial charge in [-0.2, -0.15) is 13.2 Å². The van der Waals surface area contributed by atoms with Crippen molar-refractivity contribution < 1.29 is 18.0 Å². The van der Waals surface area contributed by atoms with E-state index in [0.717, 1.165) is 12.1 Å². The minimum Gasteiger partial charge on any atom is -0.357 e. The molecule has 3 nitrogen and oxygen atoms in total. The molecule has 6 heteroatoms. The number of aliphatic imine (C=N–C) groups is 1. The van der Waals surface area contributed by atoms with Gasteiger partial charge in [0.1, 0.15) is 6.04 Å². The van der Waals surface area contributed by atoms with Crippen LogP contribution in [-0.4, -0.2) is 24.7 Å². The number of hydrogen-bond acceptors (Lipinski definition) is 2. The van der Waals surface area contributed by atoms with Gasteiger partial charge in [-0.25, -0.2) is 0 Å². The largest absolute Gasteiger partial charge is 0.416 e. The van der Waals surface area contributed by atoms with E-state index in [-0.39, 0.29) is 11.8 Å². The second-order valence-electron chi connectivity index (χ2n) is 4.43. The summed E-state index contributed by atoms with van der Waals surface area (Å²) in [4.78, 5) is 15.6. The van der Waals surface area contributed by atoms with Crippen molar-refractivity contribution in [3.05, 3.63) is 35.4 Å². The highest BCUT2D eigenvalue weighted by atomic mass is 19.4. The van der Waals surface area contributed by atoms with Gasteiger partial charge in [0, 0.05) is 12.8 Å². The topological polar surface area (TPSA) is 41.5 Å². The van der Waals surface area contributed by atoms with Gasteiger partial charge in [-0.15, -0.1) is 0 Å². The number of likely N-dealkylation sites (N-methyl/N-ethyl adjacent to an activating group) is 1. The molecular weight excluding hydrogens is 257 g/mol. The van der Waals surface area contributed by atoms with Crippen molar-refractivity contribution in [1.29, 1.82) is 0 Å². The maximum Gasteiger partial charge on any atom is 0.416 e. The molecule has 0 aromatic heterocycles. The molecule has 0 unspecified atom stereocenters. The van der Waals surface area contributed by atoms with Gasteiger partial charge >= 0.3 is 6.18 Å². The number of halogens is 3. The summed E-state index contributed by atoms with van der Waals surface area (Å²) in [6.45, 7) is 1.71. The fourth-order valence-corrected chi connectivity index (χ4v) is 2.21. The normalized spacial score (nSPS) is 22.5. The van der Waals surface area contributed by atoms with E-state index in [0.29, 0.717) is 11.3 Å². The maximum atomic E-state index is 12.7. The Bertz CT molecular complexity index is 537. The molecule has 1 amide bonds. The van der Waals surface area contributed by atoms with E-state index in [1.165, 1.54) is 13.1 Å². The van der Waals surface area contributed by atoms with Crippen LogP contribution in [0.2, 0.25) is 0 Å². The number of carbonyl (C=O) groups is 1. The van der Waals surface area contributed by atoms with Crippen LogP contribution in [0.1, 0.15) is 24.0 Å². The Morgan fingerprint density at radius 2 is 2.05 bits per heavy atom. The van der Waals surface area contributed by atoms with Crippen LogP contribution in [0.3, 0.4) is 0 Å². The van der Waals surface area contributed by atoms with E-state index in [9.17, 15) is 18.0 Å². The summed E-state index contributed by atoms with van der Waals surface area (Å²) in [7, 11) is 1.48. The third-order valence-corrected chi connectivity index (χ3v) is 3.20. The van der Waals surface area contributed by atoms with Crippen molar-refractivity contribution in [2.24, 2.45) is 4.99 Å². The standard InChI is InChI=1S/C13H13F3N2O/c1-7-10(11(18-7)12(19)17-2)8-4-3-5-9(6-8)13(14,15)16/h3-6,10-11H,1-2H3,(H,17,19)/t10-,11+/m1/s1. The van der Waals surface area contributed by atoms with E-state index < -0.39 is 17.8 Å². The average Bonchev–Trinajstić information content (AvgIpc) is 2.34. The van der Waals surface area contributed by atoms with Crippen LogP contribution in [0, 0.1) is 0 Å². The Balaban J connectivity index is 2.33. The van der Waals surface area contributed by atoms with Crippen molar-refractivity contribution in [2.75, 3.05) is 7.05 Å². The molecule has 0 radical (unpaired) electrons. The molecule has 19 heavy (non-hydrogen) atoms. The van der Waals surface area contributed by atoms with Gasteiger partial charge in [0.25, 0.3) is 0 Å². The van der Waals surface area contributed by atoms with E-state index in [1.54, 1.807) is 13.0 Å². The lowest BCUT2D eigenvalue weighted by Crippen LogP contribution is -2.44. The molecule has 0 spiro atoms.